The Labute approximate surface area is 101 Å². The monoisotopic (exact) mass is 262 g/mol. The maximum atomic E-state index is 11.9. The molecular weight excluding hydrogens is 244 g/mol. The topological polar surface area (TPSA) is 86.7 Å². The maximum Gasteiger partial charge on any atom is 0.306 e. The quantitative estimate of drug-likeness (QED) is 0.748. The van der Waals surface area contributed by atoms with Crippen molar-refractivity contribution >= 4 is 16.2 Å². The molecule has 2 N–H and O–H groups in total. The minimum Gasteiger partial charge on any atom is -0.481 e. The lowest BCUT2D eigenvalue weighted by atomic mass is 9.99. The smallest absolute Gasteiger partial charge is 0.306 e. The molecule has 1 saturated heterocycles. The molecule has 0 bridgehead atoms. The van der Waals surface area contributed by atoms with Crippen molar-refractivity contribution in [3.8, 4) is 0 Å². The van der Waals surface area contributed by atoms with Crippen LogP contribution < -0.4 is 4.72 Å². The van der Waals surface area contributed by atoms with Gasteiger partial charge in [0.25, 0.3) is 10.2 Å². The lowest BCUT2D eigenvalue weighted by Crippen LogP contribution is -2.46. The first-order valence-electron chi connectivity index (χ1n) is 5.90. The number of nitrogens with zero attached hydrogens (tertiary/aromatic N) is 1. The Hall–Kier alpha value is -0.660. The van der Waals surface area contributed by atoms with Gasteiger partial charge >= 0.3 is 5.97 Å². The first-order chi connectivity index (χ1) is 7.90. The summed E-state index contributed by atoms with van der Waals surface area (Å²) >= 11 is 0. The zero-order valence-corrected chi connectivity index (χ0v) is 10.6. The fourth-order valence-corrected chi connectivity index (χ4v) is 3.65. The average Bonchev–Trinajstić information content (AvgIpc) is 2.93. The van der Waals surface area contributed by atoms with Gasteiger partial charge in [0.15, 0.2) is 0 Å². The third-order valence-electron chi connectivity index (χ3n) is 3.55. The number of piperidine rings is 1. The molecule has 1 heterocycles. The van der Waals surface area contributed by atoms with Crippen LogP contribution in [0.4, 0.5) is 0 Å². The molecule has 0 amide bonds. The third kappa shape index (κ3) is 2.97. The number of nitrogens with one attached hydrogen (secondary N) is 1. The summed E-state index contributed by atoms with van der Waals surface area (Å²) in [6.45, 7) is 2.60. The summed E-state index contributed by atoms with van der Waals surface area (Å²) in [5, 5.41) is 8.83. The minimum absolute atomic E-state index is 0.0668. The number of carboxylic acids is 1. The highest BCUT2D eigenvalue weighted by atomic mass is 32.2. The number of carboxylic acid groups (broad SMARTS) is 1. The van der Waals surface area contributed by atoms with Gasteiger partial charge in [0.05, 0.1) is 5.92 Å². The van der Waals surface area contributed by atoms with Gasteiger partial charge in [0.2, 0.25) is 0 Å². The van der Waals surface area contributed by atoms with Crippen molar-refractivity contribution < 1.29 is 18.3 Å². The summed E-state index contributed by atoms with van der Waals surface area (Å²) in [7, 11) is -3.41. The van der Waals surface area contributed by atoms with Crippen LogP contribution >= 0.6 is 0 Å². The van der Waals surface area contributed by atoms with Crippen LogP contribution in [0.5, 0.6) is 0 Å². The standard InChI is InChI=1S/C10H18N2O4S/c1-7-6-9(7)11-17(15,16)12-4-2-8(3-5-12)10(13)14/h7-9,11H,2-6H2,1H3,(H,13,14). The van der Waals surface area contributed by atoms with Gasteiger partial charge in [-0.05, 0) is 25.2 Å². The fraction of sp³-hybridized carbons (Fsp3) is 0.900. The average molecular weight is 262 g/mol. The highest BCUT2D eigenvalue weighted by Gasteiger charge is 2.39. The number of aliphatic carboxylic acids is 1. The number of rotatable bonds is 4. The molecule has 1 aliphatic carbocycles. The van der Waals surface area contributed by atoms with E-state index in [1.807, 2.05) is 6.92 Å². The molecule has 2 aliphatic rings. The molecule has 0 aromatic heterocycles. The molecule has 0 aromatic rings. The molecular formula is C10H18N2O4S. The Morgan fingerprint density at radius 2 is 1.88 bits per heavy atom. The van der Waals surface area contributed by atoms with Gasteiger partial charge in [-0.1, -0.05) is 6.92 Å². The minimum atomic E-state index is -3.41. The van der Waals surface area contributed by atoms with Crippen LogP contribution in [0, 0.1) is 11.8 Å². The Morgan fingerprint density at radius 3 is 2.29 bits per heavy atom. The predicted octanol–water partition coefficient (Wildman–Crippen LogP) is 0.0258. The summed E-state index contributed by atoms with van der Waals surface area (Å²) < 4.78 is 27.9. The van der Waals surface area contributed by atoms with Crippen LogP contribution in [-0.2, 0) is 15.0 Å². The van der Waals surface area contributed by atoms with Crippen molar-refractivity contribution in [2.24, 2.45) is 11.8 Å². The summed E-state index contributed by atoms with van der Waals surface area (Å²) in [5.74, 6) is -0.812. The van der Waals surface area contributed by atoms with Crippen LogP contribution in [0.15, 0.2) is 0 Å². The van der Waals surface area contributed by atoms with Crippen molar-refractivity contribution in [3.63, 3.8) is 0 Å². The van der Waals surface area contributed by atoms with Crippen LogP contribution in [0.25, 0.3) is 0 Å². The van der Waals surface area contributed by atoms with Crippen LogP contribution in [0.3, 0.4) is 0 Å². The Balaban J connectivity index is 1.89. The van der Waals surface area contributed by atoms with Crippen LogP contribution in [-0.4, -0.2) is 42.9 Å². The van der Waals surface area contributed by atoms with Crippen LogP contribution in [0.1, 0.15) is 26.2 Å². The van der Waals surface area contributed by atoms with Gasteiger partial charge in [0.1, 0.15) is 0 Å². The molecule has 0 aromatic carbocycles. The second-order valence-corrected chi connectivity index (χ2v) is 6.66. The van der Waals surface area contributed by atoms with Gasteiger partial charge in [-0.2, -0.15) is 17.4 Å². The molecule has 2 fully saturated rings. The zero-order chi connectivity index (χ0) is 12.6. The zero-order valence-electron chi connectivity index (χ0n) is 9.80. The molecule has 2 rings (SSSR count). The summed E-state index contributed by atoms with van der Waals surface area (Å²) in [6.07, 6.45) is 1.69. The van der Waals surface area contributed by atoms with E-state index in [1.54, 1.807) is 0 Å². The van der Waals surface area contributed by atoms with E-state index in [1.165, 1.54) is 4.31 Å². The number of hydrogen-bond donors (Lipinski definition) is 2. The van der Waals surface area contributed by atoms with E-state index < -0.39 is 22.1 Å². The van der Waals surface area contributed by atoms with E-state index in [9.17, 15) is 13.2 Å². The fourth-order valence-electron chi connectivity index (χ4n) is 2.10. The highest BCUT2D eigenvalue weighted by molar-refractivity contribution is 7.87. The number of hydrogen-bond acceptors (Lipinski definition) is 3. The second kappa shape index (κ2) is 4.55. The van der Waals surface area contributed by atoms with Gasteiger partial charge < -0.3 is 5.11 Å². The van der Waals surface area contributed by atoms with E-state index in [0.717, 1.165) is 6.42 Å². The lowest BCUT2D eigenvalue weighted by Gasteiger charge is -2.29. The Morgan fingerprint density at radius 1 is 1.35 bits per heavy atom. The largest absolute Gasteiger partial charge is 0.481 e. The maximum absolute atomic E-state index is 11.9. The molecule has 1 aliphatic heterocycles. The van der Waals surface area contributed by atoms with Crippen LogP contribution in [0.2, 0.25) is 0 Å². The van der Waals surface area contributed by atoms with E-state index in [4.69, 9.17) is 5.11 Å². The SMILES string of the molecule is CC1CC1NS(=O)(=O)N1CCC(C(=O)O)CC1. The van der Waals surface area contributed by atoms with Crippen molar-refractivity contribution in [2.45, 2.75) is 32.2 Å². The Kier molecular flexibility index (Phi) is 3.42. The normalized spacial score (nSPS) is 31.4. The first kappa shape index (κ1) is 12.8. The summed E-state index contributed by atoms with van der Waals surface area (Å²) in [4.78, 5) is 10.8. The van der Waals surface area contributed by atoms with E-state index in [0.29, 0.717) is 31.8 Å². The van der Waals surface area contributed by atoms with E-state index in [2.05, 4.69) is 4.72 Å². The van der Waals surface area contributed by atoms with Crippen molar-refractivity contribution in [1.82, 2.24) is 9.03 Å². The molecule has 17 heavy (non-hydrogen) atoms. The van der Waals surface area contributed by atoms with Gasteiger partial charge in [0, 0.05) is 19.1 Å². The predicted molar refractivity (Wildman–Crippen MR) is 61.6 cm³/mol. The second-order valence-electron chi connectivity index (χ2n) is 4.95. The summed E-state index contributed by atoms with van der Waals surface area (Å²) in [6, 6.07) is 0.0668. The molecule has 6 nitrogen and oxygen atoms in total. The van der Waals surface area contributed by atoms with Gasteiger partial charge in [-0.25, -0.2) is 0 Å². The lowest BCUT2D eigenvalue weighted by molar-refractivity contribution is -0.142. The molecule has 0 radical (unpaired) electrons. The molecule has 0 spiro atoms. The molecule has 2 unspecified atom stereocenters. The van der Waals surface area contributed by atoms with Gasteiger partial charge in [-0.3, -0.25) is 4.79 Å². The first-order valence-corrected chi connectivity index (χ1v) is 7.34. The third-order valence-corrected chi connectivity index (χ3v) is 5.20. The molecule has 7 heteroatoms. The highest BCUT2D eigenvalue weighted by Crippen LogP contribution is 2.30. The summed E-state index contributed by atoms with van der Waals surface area (Å²) in [5.41, 5.74) is 0. The number of carbonyl (C=O) groups is 1. The molecule has 2 atom stereocenters. The van der Waals surface area contributed by atoms with Gasteiger partial charge in [-0.15, -0.1) is 0 Å². The Bertz CT molecular complexity index is 401. The van der Waals surface area contributed by atoms with Crippen molar-refractivity contribution in [2.75, 3.05) is 13.1 Å². The van der Waals surface area contributed by atoms with Crippen molar-refractivity contribution in [3.05, 3.63) is 0 Å². The van der Waals surface area contributed by atoms with E-state index in [-0.39, 0.29) is 6.04 Å². The molecule has 1 saturated carbocycles. The van der Waals surface area contributed by atoms with E-state index >= 15 is 0 Å². The molecule has 98 valence electrons. The van der Waals surface area contributed by atoms with Crippen molar-refractivity contribution in [1.29, 1.82) is 0 Å².